The van der Waals surface area contributed by atoms with Gasteiger partial charge in [0.05, 0.1) is 24.5 Å². The van der Waals surface area contributed by atoms with Gasteiger partial charge in [-0.1, -0.05) is 48.5 Å². The summed E-state index contributed by atoms with van der Waals surface area (Å²) >= 11 is 0. The molecule has 0 bridgehead atoms. The van der Waals surface area contributed by atoms with Crippen LogP contribution < -0.4 is 4.90 Å². The number of hydrogen-bond acceptors (Lipinski definition) is 4. The van der Waals surface area contributed by atoms with Crippen molar-refractivity contribution >= 4 is 25.9 Å². The van der Waals surface area contributed by atoms with Crippen molar-refractivity contribution in [2.24, 2.45) is 4.40 Å². The molecule has 178 valence electrons. The summed E-state index contributed by atoms with van der Waals surface area (Å²) in [5.41, 5.74) is -5.88. The molecule has 0 heterocycles. The van der Waals surface area contributed by atoms with Crippen LogP contribution in [-0.4, -0.2) is 47.8 Å². The first kappa shape index (κ1) is 27.6. The molecule has 0 spiro atoms. The van der Waals surface area contributed by atoms with Gasteiger partial charge in [-0.3, -0.25) is 0 Å². The highest BCUT2D eigenvalue weighted by Crippen LogP contribution is 2.27. The van der Waals surface area contributed by atoms with E-state index in [-0.39, 0.29) is 10.5 Å². The number of nitrogens with one attached hydrogen (secondary N) is 1. The molecule has 2 rings (SSSR count). The van der Waals surface area contributed by atoms with Crippen molar-refractivity contribution in [3.63, 3.8) is 0 Å². The lowest BCUT2D eigenvalue weighted by Crippen LogP contribution is -3.11. The Kier molecular flexibility index (Phi) is 10.3. The van der Waals surface area contributed by atoms with Gasteiger partial charge in [0.25, 0.3) is 10.0 Å². The van der Waals surface area contributed by atoms with Gasteiger partial charge in [-0.05, 0) is 44.3 Å². The van der Waals surface area contributed by atoms with Crippen LogP contribution in [0.2, 0.25) is 0 Å². The zero-order valence-electron chi connectivity index (χ0n) is 17.9. The fourth-order valence-electron chi connectivity index (χ4n) is 2.38. The van der Waals surface area contributed by atoms with Gasteiger partial charge in [-0.2, -0.15) is 13.2 Å². The molecule has 2 aromatic rings. The molecule has 0 aromatic heterocycles. The first-order chi connectivity index (χ1) is 14.9. The van der Waals surface area contributed by atoms with Crippen molar-refractivity contribution in [2.75, 3.05) is 19.6 Å². The van der Waals surface area contributed by atoms with Gasteiger partial charge >= 0.3 is 5.51 Å². The average Bonchev–Trinajstić information content (AvgIpc) is 2.75. The Hall–Kier alpha value is -2.44. The van der Waals surface area contributed by atoms with E-state index >= 15 is 0 Å². The second-order valence-corrected chi connectivity index (χ2v) is 9.59. The lowest BCUT2D eigenvalue weighted by atomic mass is 10.2. The van der Waals surface area contributed by atoms with Crippen LogP contribution >= 0.6 is 0 Å². The van der Waals surface area contributed by atoms with E-state index in [4.69, 9.17) is 0 Å². The zero-order chi connectivity index (χ0) is 24.4. The second-order valence-electron chi connectivity index (χ2n) is 6.39. The molecule has 0 fully saturated rings. The summed E-state index contributed by atoms with van der Waals surface area (Å²) in [6.07, 6.45) is 0. The Labute approximate surface area is 187 Å². The van der Waals surface area contributed by atoms with Crippen molar-refractivity contribution < 1.29 is 34.9 Å². The standard InChI is InChI=1S/C14H10F3N2O4S2.C6H15N/c15-14(16,17)25(22,23)19-13(11-7-3-1-4-8-11)18-24(20,21)12-9-5-2-6-10-12;1-4-7(5-2)6-3/h1-10H;4-6H2,1-3H3/q-1;/p+1. The lowest BCUT2D eigenvalue weighted by Gasteiger charge is -2.20. The molecular formula is C20H26F3N3O4S2. The zero-order valence-corrected chi connectivity index (χ0v) is 19.5. The molecule has 0 saturated heterocycles. The maximum absolute atomic E-state index is 12.6. The summed E-state index contributed by atoms with van der Waals surface area (Å²) in [5, 5.41) is 0. The molecule has 0 radical (unpaired) electrons. The van der Waals surface area contributed by atoms with Crippen LogP contribution in [0.4, 0.5) is 13.2 Å². The highest BCUT2D eigenvalue weighted by Gasteiger charge is 2.42. The highest BCUT2D eigenvalue weighted by atomic mass is 32.2. The van der Waals surface area contributed by atoms with Crippen molar-refractivity contribution in [2.45, 2.75) is 31.2 Å². The number of benzene rings is 2. The highest BCUT2D eigenvalue weighted by molar-refractivity contribution is 7.95. The Bertz CT molecular complexity index is 1060. The Morgan fingerprint density at radius 1 is 0.844 bits per heavy atom. The maximum atomic E-state index is 12.6. The van der Waals surface area contributed by atoms with E-state index in [1.807, 2.05) is 0 Å². The summed E-state index contributed by atoms with van der Waals surface area (Å²) in [7, 11) is -10.4. The van der Waals surface area contributed by atoms with E-state index in [9.17, 15) is 30.0 Å². The number of quaternary nitrogens is 1. The Morgan fingerprint density at radius 3 is 1.66 bits per heavy atom. The first-order valence-electron chi connectivity index (χ1n) is 9.71. The molecule has 0 aliphatic heterocycles. The topological polar surface area (TPSA) is 99.2 Å². The fourth-order valence-corrected chi connectivity index (χ4v) is 3.89. The second kappa shape index (κ2) is 12.0. The normalized spacial score (nSPS) is 12.8. The molecule has 0 saturated carbocycles. The number of hydrogen-bond donors (Lipinski definition) is 1. The van der Waals surface area contributed by atoms with E-state index in [2.05, 4.69) is 29.9 Å². The third-order valence-electron chi connectivity index (χ3n) is 4.28. The van der Waals surface area contributed by atoms with Crippen LogP contribution in [0.3, 0.4) is 0 Å². The van der Waals surface area contributed by atoms with Crippen LogP contribution in [0.5, 0.6) is 0 Å². The van der Waals surface area contributed by atoms with E-state index in [1.165, 1.54) is 80.3 Å². The van der Waals surface area contributed by atoms with Crippen molar-refractivity contribution in [3.05, 3.63) is 70.9 Å². The number of nitrogens with zero attached hydrogens (tertiary/aromatic N) is 2. The van der Waals surface area contributed by atoms with Gasteiger partial charge in [0.2, 0.25) is 10.0 Å². The molecule has 2 aromatic carbocycles. The van der Waals surface area contributed by atoms with Gasteiger partial charge in [-0.25, -0.2) is 16.8 Å². The minimum Gasteiger partial charge on any atom is -0.352 e. The SMILES string of the molecule is CC[NH+](CC)CC.O=S(=O)([N-]/C(=N/S(=O)(=O)C(F)(F)F)c1ccccc1)c1ccccc1. The number of sulfonamides is 2. The molecule has 0 amide bonds. The molecular weight excluding hydrogens is 467 g/mol. The quantitative estimate of drug-likeness (QED) is 0.474. The molecule has 32 heavy (non-hydrogen) atoms. The molecule has 7 nitrogen and oxygen atoms in total. The van der Waals surface area contributed by atoms with Crippen LogP contribution in [0.1, 0.15) is 26.3 Å². The minimum absolute atomic E-state index is 0.199. The van der Waals surface area contributed by atoms with E-state index < -0.39 is 31.4 Å². The average molecular weight is 494 g/mol. The summed E-state index contributed by atoms with van der Waals surface area (Å²) in [5.74, 6) is -1.08. The van der Waals surface area contributed by atoms with Crippen LogP contribution in [0, 0.1) is 0 Å². The van der Waals surface area contributed by atoms with E-state index in [0.29, 0.717) is 0 Å². The molecule has 0 aliphatic carbocycles. The van der Waals surface area contributed by atoms with Gasteiger partial charge in [-0.15, -0.1) is 0 Å². The summed E-state index contributed by atoms with van der Waals surface area (Å²) < 4.78 is 90.5. The van der Waals surface area contributed by atoms with Crippen molar-refractivity contribution in [1.82, 2.24) is 0 Å². The minimum atomic E-state index is -5.97. The molecule has 0 aliphatic rings. The molecule has 12 heteroatoms. The van der Waals surface area contributed by atoms with Gasteiger partial charge in [0.1, 0.15) is 0 Å². The largest absolute Gasteiger partial charge is 0.499 e. The van der Waals surface area contributed by atoms with Crippen LogP contribution in [0.25, 0.3) is 4.72 Å². The fraction of sp³-hybridized carbons (Fsp3) is 0.350. The Balaban J connectivity index is 0.000000633. The number of amidine groups is 1. The molecule has 0 atom stereocenters. The predicted molar refractivity (Wildman–Crippen MR) is 118 cm³/mol. The lowest BCUT2D eigenvalue weighted by molar-refractivity contribution is -0.894. The molecule has 0 unspecified atom stereocenters. The van der Waals surface area contributed by atoms with Gasteiger partial charge < -0.3 is 14.0 Å². The molecule has 1 N–H and O–H groups in total. The summed E-state index contributed by atoms with van der Waals surface area (Å²) in [6.45, 7) is 10.5. The van der Waals surface area contributed by atoms with Crippen molar-refractivity contribution in [3.8, 4) is 0 Å². The predicted octanol–water partition coefficient (Wildman–Crippen LogP) is 2.98. The van der Waals surface area contributed by atoms with Crippen LogP contribution in [-0.2, 0) is 20.0 Å². The summed E-state index contributed by atoms with van der Waals surface area (Å²) in [4.78, 5) is 1.36. The first-order valence-corrected chi connectivity index (χ1v) is 12.6. The smallest absolute Gasteiger partial charge is 0.352 e. The van der Waals surface area contributed by atoms with E-state index in [1.54, 1.807) is 4.90 Å². The summed E-state index contributed by atoms with van der Waals surface area (Å²) in [6, 6.07) is 13.3. The van der Waals surface area contributed by atoms with Gasteiger partial charge in [0.15, 0.2) is 0 Å². The van der Waals surface area contributed by atoms with E-state index in [0.717, 1.165) is 0 Å². The number of rotatable bonds is 7. The Morgan fingerprint density at radius 2 is 1.28 bits per heavy atom. The maximum Gasteiger partial charge on any atom is 0.499 e. The monoisotopic (exact) mass is 493 g/mol. The van der Waals surface area contributed by atoms with Gasteiger partial charge in [0, 0.05) is 0 Å². The number of halogens is 3. The third kappa shape index (κ3) is 8.24. The number of alkyl halides is 3. The van der Waals surface area contributed by atoms with Crippen molar-refractivity contribution in [1.29, 1.82) is 0 Å². The third-order valence-corrected chi connectivity index (χ3v) is 6.56. The van der Waals surface area contributed by atoms with Crippen LogP contribution in [0.15, 0.2) is 70.0 Å².